The van der Waals surface area contributed by atoms with E-state index in [2.05, 4.69) is 43.2 Å². The fourth-order valence-electron chi connectivity index (χ4n) is 2.15. The first-order valence-electron chi connectivity index (χ1n) is 7.57. The number of hydrogen-bond donors (Lipinski definition) is 1. The highest BCUT2D eigenvalue weighted by atomic mass is 16.5. The van der Waals surface area contributed by atoms with Crippen LogP contribution in [0.2, 0.25) is 0 Å². The third-order valence-corrected chi connectivity index (χ3v) is 3.47. The normalized spacial score (nSPS) is 15.6. The average Bonchev–Trinajstić information content (AvgIpc) is 2.32. The molecule has 1 heterocycles. The second kappa shape index (κ2) is 6.90. The van der Waals surface area contributed by atoms with Crippen molar-refractivity contribution in [2.45, 2.75) is 71.6 Å². The summed E-state index contributed by atoms with van der Waals surface area (Å²) in [7, 11) is 0. The second-order valence-corrected chi connectivity index (χ2v) is 5.76. The van der Waals surface area contributed by atoms with E-state index < -0.39 is 0 Å². The highest BCUT2D eigenvalue weighted by Crippen LogP contribution is 2.25. The maximum absolute atomic E-state index is 5.95. The maximum atomic E-state index is 5.95. The maximum Gasteiger partial charge on any atom is 0.214 e. The summed E-state index contributed by atoms with van der Waals surface area (Å²) in [6, 6.07) is 4.79. The van der Waals surface area contributed by atoms with Crippen molar-refractivity contribution in [2.24, 2.45) is 0 Å². The van der Waals surface area contributed by atoms with E-state index in [0.717, 1.165) is 31.0 Å². The van der Waals surface area contributed by atoms with E-state index in [9.17, 15) is 0 Å². The first kappa shape index (κ1) is 14.3. The van der Waals surface area contributed by atoms with Crippen molar-refractivity contribution in [2.75, 3.05) is 0 Å². The quantitative estimate of drug-likeness (QED) is 0.817. The van der Waals surface area contributed by atoms with Gasteiger partial charge in [-0.1, -0.05) is 27.2 Å². The van der Waals surface area contributed by atoms with Crippen LogP contribution in [0.25, 0.3) is 0 Å². The molecule has 0 bridgehead atoms. The number of aromatic nitrogens is 1. The van der Waals surface area contributed by atoms with Crippen LogP contribution in [0.15, 0.2) is 12.1 Å². The van der Waals surface area contributed by atoms with Crippen LogP contribution in [-0.4, -0.2) is 17.1 Å². The zero-order valence-electron chi connectivity index (χ0n) is 12.4. The molecule has 1 aliphatic carbocycles. The molecule has 1 fully saturated rings. The van der Waals surface area contributed by atoms with Crippen LogP contribution in [0.4, 0.5) is 0 Å². The standard InChI is InChI=1S/C16H26N2O/c1-4-6-14-9-13(11-17-12(2)3)10-16(18-14)19-15-7-5-8-15/h9-10,12,15,17H,4-8,11H2,1-3H3. The molecule has 0 unspecified atom stereocenters. The van der Waals surface area contributed by atoms with Crippen LogP contribution in [0, 0.1) is 0 Å². The molecule has 19 heavy (non-hydrogen) atoms. The second-order valence-electron chi connectivity index (χ2n) is 5.76. The van der Waals surface area contributed by atoms with Gasteiger partial charge in [-0.2, -0.15) is 0 Å². The van der Waals surface area contributed by atoms with E-state index in [-0.39, 0.29) is 0 Å². The van der Waals surface area contributed by atoms with E-state index in [1.807, 2.05) is 0 Å². The Balaban J connectivity index is 2.06. The molecular weight excluding hydrogens is 236 g/mol. The van der Waals surface area contributed by atoms with Crippen molar-refractivity contribution >= 4 is 0 Å². The number of pyridine rings is 1. The average molecular weight is 262 g/mol. The molecular formula is C16H26N2O. The predicted octanol–water partition coefficient (Wildman–Crippen LogP) is 3.46. The summed E-state index contributed by atoms with van der Waals surface area (Å²) >= 11 is 0. The minimum atomic E-state index is 0.398. The molecule has 1 aromatic heterocycles. The van der Waals surface area contributed by atoms with Crippen LogP contribution in [0.1, 0.15) is 57.7 Å². The van der Waals surface area contributed by atoms with Gasteiger partial charge >= 0.3 is 0 Å². The smallest absolute Gasteiger partial charge is 0.214 e. The molecule has 0 spiro atoms. The fourth-order valence-corrected chi connectivity index (χ4v) is 2.15. The summed E-state index contributed by atoms with van der Waals surface area (Å²) in [5, 5.41) is 3.46. The van der Waals surface area contributed by atoms with Crippen LogP contribution >= 0.6 is 0 Å². The lowest BCUT2D eigenvalue weighted by molar-refractivity contribution is 0.114. The SMILES string of the molecule is CCCc1cc(CNC(C)C)cc(OC2CCC2)n1. The summed E-state index contributed by atoms with van der Waals surface area (Å²) in [6.07, 6.45) is 6.20. The zero-order chi connectivity index (χ0) is 13.7. The van der Waals surface area contributed by atoms with Gasteiger partial charge in [0, 0.05) is 24.3 Å². The monoisotopic (exact) mass is 262 g/mol. The van der Waals surface area contributed by atoms with Gasteiger partial charge in [0.15, 0.2) is 0 Å². The number of nitrogens with zero attached hydrogens (tertiary/aromatic N) is 1. The Morgan fingerprint density at radius 3 is 2.74 bits per heavy atom. The first-order valence-corrected chi connectivity index (χ1v) is 7.57. The Morgan fingerprint density at radius 2 is 2.16 bits per heavy atom. The Hall–Kier alpha value is -1.09. The van der Waals surface area contributed by atoms with Gasteiger partial charge in [0.2, 0.25) is 5.88 Å². The lowest BCUT2D eigenvalue weighted by Crippen LogP contribution is -2.25. The predicted molar refractivity (Wildman–Crippen MR) is 78.5 cm³/mol. The van der Waals surface area contributed by atoms with E-state index in [1.54, 1.807) is 0 Å². The minimum Gasteiger partial charge on any atom is -0.474 e. The van der Waals surface area contributed by atoms with Crippen molar-refractivity contribution in [3.05, 3.63) is 23.4 Å². The van der Waals surface area contributed by atoms with E-state index in [0.29, 0.717) is 12.1 Å². The van der Waals surface area contributed by atoms with E-state index >= 15 is 0 Å². The van der Waals surface area contributed by atoms with Gasteiger partial charge in [-0.3, -0.25) is 0 Å². The third kappa shape index (κ3) is 4.50. The van der Waals surface area contributed by atoms with Crippen molar-refractivity contribution in [1.29, 1.82) is 0 Å². The Kier molecular flexibility index (Phi) is 5.20. The lowest BCUT2D eigenvalue weighted by atomic mass is 9.96. The Bertz CT molecular complexity index is 400. The number of rotatable bonds is 7. The van der Waals surface area contributed by atoms with Crippen LogP contribution < -0.4 is 10.1 Å². The molecule has 1 N–H and O–H groups in total. The molecule has 1 aliphatic rings. The Labute approximate surface area is 116 Å². The molecule has 0 saturated heterocycles. The van der Waals surface area contributed by atoms with Gasteiger partial charge in [0.25, 0.3) is 0 Å². The number of hydrogen-bond acceptors (Lipinski definition) is 3. The molecule has 3 nitrogen and oxygen atoms in total. The van der Waals surface area contributed by atoms with Crippen molar-refractivity contribution in [1.82, 2.24) is 10.3 Å². The largest absolute Gasteiger partial charge is 0.474 e. The van der Waals surface area contributed by atoms with Crippen LogP contribution in [0.5, 0.6) is 5.88 Å². The molecule has 1 saturated carbocycles. The Morgan fingerprint density at radius 1 is 1.37 bits per heavy atom. The topological polar surface area (TPSA) is 34.1 Å². The number of nitrogens with one attached hydrogen (secondary N) is 1. The summed E-state index contributed by atoms with van der Waals surface area (Å²) in [6.45, 7) is 7.41. The van der Waals surface area contributed by atoms with Gasteiger partial charge in [0.05, 0.1) is 0 Å². The highest BCUT2D eigenvalue weighted by molar-refractivity contribution is 5.25. The van der Waals surface area contributed by atoms with Crippen LogP contribution in [-0.2, 0) is 13.0 Å². The van der Waals surface area contributed by atoms with Crippen LogP contribution in [0.3, 0.4) is 0 Å². The van der Waals surface area contributed by atoms with E-state index in [4.69, 9.17) is 4.74 Å². The van der Waals surface area contributed by atoms with E-state index in [1.165, 1.54) is 24.8 Å². The molecule has 2 rings (SSSR count). The molecule has 0 radical (unpaired) electrons. The minimum absolute atomic E-state index is 0.398. The highest BCUT2D eigenvalue weighted by Gasteiger charge is 2.20. The summed E-state index contributed by atoms with van der Waals surface area (Å²) in [5.74, 6) is 0.816. The van der Waals surface area contributed by atoms with Crippen molar-refractivity contribution < 1.29 is 4.74 Å². The molecule has 0 aliphatic heterocycles. The number of ether oxygens (including phenoxy) is 1. The zero-order valence-corrected chi connectivity index (χ0v) is 12.4. The van der Waals surface area contributed by atoms with Gasteiger partial charge in [-0.05, 0) is 37.3 Å². The molecule has 0 atom stereocenters. The molecule has 0 amide bonds. The summed E-state index contributed by atoms with van der Waals surface area (Å²) < 4.78 is 5.95. The fraction of sp³-hybridized carbons (Fsp3) is 0.688. The third-order valence-electron chi connectivity index (χ3n) is 3.47. The lowest BCUT2D eigenvalue weighted by Gasteiger charge is -2.26. The van der Waals surface area contributed by atoms with Gasteiger partial charge in [-0.25, -0.2) is 4.98 Å². The van der Waals surface area contributed by atoms with Gasteiger partial charge < -0.3 is 10.1 Å². The number of aryl methyl sites for hydroxylation is 1. The van der Waals surface area contributed by atoms with Crippen molar-refractivity contribution in [3.8, 4) is 5.88 Å². The first-order chi connectivity index (χ1) is 9.17. The molecule has 106 valence electrons. The molecule has 1 aromatic rings. The summed E-state index contributed by atoms with van der Waals surface area (Å²) in [4.78, 5) is 4.62. The van der Waals surface area contributed by atoms with Gasteiger partial charge in [0.1, 0.15) is 6.10 Å². The van der Waals surface area contributed by atoms with Crippen molar-refractivity contribution in [3.63, 3.8) is 0 Å². The molecule has 3 heteroatoms. The summed E-state index contributed by atoms with van der Waals surface area (Å²) in [5.41, 5.74) is 2.43. The molecule has 0 aromatic carbocycles. The van der Waals surface area contributed by atoms with Gasteiger partial charge in [-0.15, -0.1) is 0 Å².